The number of halogens is 1. The van der Waals surface area contributed by atoms with Gasteiger partial charge in [-0.1, -0.05) is 11.6 Å². The van der Waals surface area contributed by atoms with Crippen LogP contribution in [0.1, 0.15) is 26.2 Å². The molecule has 0 aliphatic rings. The van der Waals surface area contributed by atoms with E-state index >= 15 is 0 Å². The number of ether oxygens (including phenoxy) is 1. The number of aliphatic hydroxyl groups is 1. The van der Waals surface area contributed by atoms with Gasteiger partial charge in [0.15, 0.2) is 0 Å². The minimum atomic E-state index is 0.221. The normalized spacial score (nSPS) is 10.3. The minimum absolute atomic E-state index is 0.221. The molecule has 0 saturated carbocycles. The molecule has 2 N–H and O–H groups in total. The van der Waals surface area contributed by atoms with E-state index in [-0.39, 0.29) is 6.61 Å². The van der Waals surface area contributed by atoms with Crippen LogP contribution >= 0.6 is 11.6 Å². The van der Waals surface area contributed by atoms with Gasteiger partial charge in [0, 0.05) is 13.2 Å². The van der Waals surface area contributed by atoms with Crippen LogP contribution < -0.4 is 10.1 Å². The van der Waals surface area contributed by atoms with Gasteiger partial charge in [0.25, 0.3) is 0 Å². The fourth-order valence-electron chi connectivity index (χ4n) is 1.26. The fraction of sp³-hybridized carbons (Fsp3) is 0.636. The van der Waals surface area contributed by atoms with Crippen molar-refractivity contribution >= 4 is 17.5 Å². The second-order valence-corrected chi connectivity index (χ2v) is 3.92. The molecule has 1 aromatic heterocycles. The number of aromatic nitrogens is 2. The number of unbranched alkanes of at least 4 members (excludes halogenated alkanes) is 2. The van der Waals surface area contributed by atoms with E-state index in [1.807, 2.05) is 6.92 Å². The van der Waals surface area contributed by atoms with E-state index in [9.17, 15) is 0 Å². The molecule has 0 spiro atoms. The number of nitrogens with one attached hydrogen (secondary N) is 1. The van der Waals surface area contributed by atoms with Crippen LogP contribution in [0.2, 0.25) is 5.02 Å². The Balaban J connectivity index is 2.42. The van der Waals surface area contributed by atoms with E-state index in [0.717, 1.165) is 25.8 Å². The number of hydrogen-bond donors (Lipinski definition) is 2. The second-order valence-electron chi connectivity index (χ2n) is 3.51. The molecule has 1 rings (SSSR count). The zero-order valence-corrected chi connectivity index (χ0v) is 10.7. The van der Waals surface area contributed by atoms with Crippen molar-refractivity contribution in [3.63, 3.8) is 0 Å². The summed E-state index contributed by atoms with van der Waals surface area (Å²) in [6, 6.07) is 0. The zero-order chi connectivity index (χ0) is 12.5. The molecule has 0 unspecified atom stereocenters. The lowest BCUT2D eigenvalue weighted by molar-refractivity contribution is 0.262. The van der Waals surface area contributed by atoms with E-state index in [2.05, 4.69) is 15.3 Å². The van der Waals surface area contributed by atoms with Crippen LogP contribution in [0.25, 0.3) is 0 Å². The summed E-state index contributed by atoms with van der Waals surface area (Å²) in [5.41, 5.74) is 0. The fourth-order valence-corrected chi connectivity index (χ4v) is 1.40. The van der Waals surface area contributed by atoms with E-state index in [1.165, 1.54) is 6.20 Å². The van der Waals surface area contributed by atoms with Crippen molar-refractivity contribution in [1.29, 1.82) is 0 Å². The lowest BCUT2D eigenvalue weighted by Crippen LogP contribution is -2.05. The monoisotopic (exact) mass is 259 g/mol. The Labute approximate surface area is 106 Å². The Morgan fingerprint density at radius 1 is 1.41 bits per heavy atom. The largest absolute Gasteiger partial charge is 0.476 e. The van der Waals surface area contributed by atoms with Crippen LogP contribution in [-0.2, 0) is 0 Å². The second kappa shape index (κ2) is 8.08. The van der Waals surface area contributed by atoms with Crippen LogP contribution in [0.15, 0.2) is 6.20 Å². The average Bonchev–Trinajstić information content (AvgIpc) is 2.33. The van der Waals surface area contributed by atoms with Gasteiger partial charge < -0.3 is 15.2 Å². The Hall–Kier alpha value is -1.07. The molecule has 0 bridgehead atoms. The molecule has 1 aromatic rings. The number of nitrogens with zero attached hydrogens (tertiary/aromatic N) is 2. The van der Waals surface area contributed by atoms with Gasteiger partial charge in [0.1, 0.15) is 5.02 Å². The SMILES string of the molecule is CCNc1ncc(Cl)c(OCCCCCO)n1. The molecule has 0 amide bonds. The van der Waals surface area contributed by atoms with Gasteiger partial charge >= 0.3 is 0 Å². The molecule has 0 atom stereocenters. The smallest absolute Gasteiger partial charge is 0.237 e. The van der Waals surface area contributed by atoms with Crippen molar-refractivity contribution in [3.8, 4) is 5.88 Å². The van der Waals surface area contributed by atoms with Crippen LogP contribution in [0.5, 0.6) is 5.88 Å². The van der Waals surface area contributed by atoms with Crippen molar-refractivity contribution < 1.29 is 9.84 Å². The molecular formula is C11H18ClN3O2. The van der Waals surface area contributed by atoms with Crippen LogP contribution in [0.3, 0.4) is 0 Å². The van der Waals surface area contributed by atoms with Gasteiger partial charge in [-0.05, 0) is 26.2 Å². The molecule has 0 saturated heterocycles. The lowest BCUT2D eigenvalue weighted by atomic mass is 10.2. The van der Waals surface area contributed by atoms with Gasteiger partial charge in [0.05, 0.1) is 12.8 Å². The summed E-state index contributed by atoms with van der Waals surface area (Å²) in [5.74, 6) is 0.920. The molecule has 0 aliphatic heterocycles. The summed E-state index contributed by atoms with van der Waals surface area (Å²) in [6.45, 7) is 3.48. The Morgan fingerprint density at radius 3 is 2.94 bits per heavy atom. The van der Waals surface area contributed by atoms with E-state index in [4.69, 9.17) is 21.4 Å². The maximum Gasteiger partial charge on any atom is 0.237 e. The molecule has 0 aliphatic carbocycles. The van der Waals surface area contributed by atoms with Crippen molar-refractivity contribution in [1.82, 2.24) is 9.97 Å². The maximum atomic E-state index is 8.63. The van der Waals surface area contributed by atoms with Crippen molar-refractivity contribution in [2.75, 3.05) is 25.1 Å². The molecule has 6 heteroatoms. The van der Waals surface area contributed by atoms with E-state index < -0.39 is 0 Å². The number of anilines is 1. The Morgan fingerprint density at radius 2 is 2.24 bits per heavy atom. The summed E-state index contributed by atoms with van der Waals surface area (Å²) in [4.78, 5) is 8.17. The molecule has 5 nitrogen and oxygen atoms in total. The van der Waals surface area contributed by atoms with Crippen LogP contribution in [-0.4, -0.2) is 34.8 Å². The third-order valence-electron chi connectivity index (χ3n) is 2.09. The highest BCUT2D eigenvalue weighted by Crippen LogP contribution is 2.21. The minimum Gasteiger partial charge on any atom is -0.476 e. The molecule has 96 valence electrons. The molecule has 17 heavy (non-hydrogen) atoms. The van der Waals surface area contributed by atoms with E-state index in [0.29, 0.717) is 23.5 Å². The van der Waals surface area contributed by atoms with Crippen molar-refractivity contribution in [2.24, 2.45) is 0 Å². The molecule has 0 aromatic carbocycles. The Kier molecular flexibility index (Phi) is 6.65. The summed E-state index contributed by atoms with van der Waals surface area (Å²) in [7, 11) is 0. The predicted octanol–water partition coefficient (Wildman–Crippen LogP) is 2.10. The molecular weight excluding hydrogens is 242 g/mol. The van der Waals surface area contributed by atoms with Crippen LogP contribution in [0.4, 0.5) is 5.95 Å². The summed E-state index contributed by atoms with van der Waals surface area (Å²) >= 11 is 5.92. The number of rotatable bonds is 8. The quantitative estimate of drug-likeness (QED) is 0.700. The number of aliphatic hydroxyl groups excluding tert-OH is 1. The van der Waals surface area contributed by atoms with Gasteiger partial charge in [-0.25, -0.2) is 4.98 Å². The third kappa shape index (κ3) is 5.19. The standard InChI is InChI=1S/C11H18ClN3O2/c1-2-13-11-14-8-9(12)10(15-11)17-7-5-3-4-6-16/h8,16H,2-7H2,1H3,(H,13,14,15). The summed E-state index contributed by atoms with van der Waals surface area (Å²) in [6.07, 6.45) is 4.12. The van der Waals surface area contributed by atoms with Gasteiger partial charge in [-0.15, -0.1) is 0 Å². The predicted molar refractivity (Wildman–Crippen MR) is 67.6 cm³/mol. The Bertz CT molecular complexity index is 336. The molecule has 1 heterocycles. The van der Waals surface area contributed by atoms with Crippen molar-refractivity contribution in [2.45, 2.75) is 26.2 Å². The first-order valence-electron chi connectivity index (χ1n) is 5.78. The van der Waals surface area contributed by atoms with Gasteiger partial charge in [-0.2, -0.15) is 4.98 Å². The maximum absolute atomic E-state index is 8.63. The third-order valence-corrected chi connectivity index (χ3v) is 2.35. The zero-order valence-electron chi connectivity index (χ0n) is 9.95. The van der Waals surface area contributed by atoms with Crippen LogP contribution in [0, 0.1) is 0 Å². The first-order valence-corrected chi connectivity index (χ1v) is 6.15. The van der Waals surface area contributed by atoms with Gasteiger partial charge in [-0.3, -0.25) is 0 Å². The topological polar surface area (TPSA) is 67.3 Å². The highest BCUT2D eigenvalue weighted by molar-refractivity contribution is 6.31. The lowest BCUT2D eigenvalue weighted by Gasteiger charge is -2.08. The summed E-state index contributed by atoms with van der Waals surface area (Å²) in [5, 5.41) is 12.0. The number of hydrogen-bond acceptors (Lipinski definition) is 5. The highest BCUT2D eigenvalue weighted by Gasteiger charge is 2.05. The molecule has 0 fully saturated rings. The summed E-state index contributed by atoms with van der Waals surface area (Å²) < 4.78 is 5.47. The first-order chi connectivity index (χ1) is 8.27. The highest BCUT2D eigenvalue weighted by atomic mass is 35.5. The average molecular weight is 260 g/mol. The van der Waals surface area contributed by atoms with Gasteiger partial charge in [0.2, 0.25) is 11.8 Å². The van der Waals surface area contributed by atoms with E-state index in [1.54, 1.807) is 0 Å². The first kappa shape index (κ1) is 14.0. The molecule has 0 radical (unpaired) electrons. The van der Waals surface area contributed by atoms with Crippen molar-refractivity contribution in [3.05, 3.63) is 11.2 Å².